The molecule has 1 saturated heterocycles. The second-order valence-corrected chi connectivity index (χ2v) is 6.01. The normalized spacial score (nSPS) is 20.0. The number of rotatable bonds is 3. The van der Waals surface area contributed by atoms with Crippen LogP contribution < -0.4 is 5.32 Å². The number of halogens is 4. The summed E-state index contributed by atoms with van der Waals surface area (Å²) in [5.74, 6) is 0. The molecule has 102 valence electrons. The quantitative estimate of drug-likeness (QED) is 0.921. The van der Waals surface area contributed by atoms with Gasteiger partial charge in [-0.05, 0) is 12.1 Å². The van der Waals surface area contributed by atoms with E-state index in [9.17, 15) is 13.2 Å². The van der Waals surface area contributed by atoms with Crippen molar-refractivity contribution < 1.29 is 13.2 Å². The minimum atomic E-state index is -4.16. The molecule has 1 aromatic rings. The topological polar surface area (TPSA) is 15.3 Å². The summed E-state index contributed by atoms with van der Waals surface area (Å²) in [7, 11) is 0. The monoisotopic (exact) mass is 298 g/mol. The third-order valence-corrected chi connectivity index (χ3v) is 4.27. The Morgan fingerprint density at radius 2 is 2.00 bits per heavy atom. The Bertz CT molecular complexity index is 388. The molecule has 0 saturated carbocycles. The SMILES string of the molecule is FC(F)(F)C[C@H](c1ccc(Cl)s1)N1CCNCC1. The fourth-order valence-electron chi connectivity index (χ4n) is 2.13. The fraction of sp³-hybridized carbons (Fsp3) is 0.636. The minimum Gasteiger partial charge on any atom is -0.314 e. The number of nitrogens with zero attached hydrogens (tertiary/aromatic N) is 1. The summed E-state index contributed by atoms with van der Waals surface area (Å²) in [4.78, 5) is 2.57. The molecule has 2 rings (SSSR count). The molecule has 0 spiro atoms. The van der Waals surface area contributed by atoms with Gasteiger partial charge in [0.2, 0.25) is 0 Å². The lowest BCUT2D eigenvalue weighted by Gasteiger charge is -2.34. The van der Waals surface area contributed by atoms with E-state index in [-0.39, 0.29) is 0 Å². The second-order valence-electron chi connectivity index (χ2n) is 4.26. The molecule has 0 unspecified atom stereocenters. The number of hydrogen-bond donors (Lipinski definition) is 1. The summed E-state index contributed by atoms with van der Waals surface area (Å²) >= 11 is 7.05. The van der Waals surface area contributed by atoms with Crippen LogP contribution in [0.1, 0.15) is 17.3 Å². The van der Waals surface area contributed by atoms with E-state index in [4.69, 9.17) is 11.6 Å². The van der Waals surface area contributed by atoms with Crippen LogP contribution in [-0.2, 0) is 0 Å². The summed E-state index contributed by atoms with van der Waals surface area (Å²) < 4.78 is 38.6. The molecule has 0 aliphatic carbocycles. The number of thiophene rings is 1. The first-order valence-corrected chi connectivity index (χ1v) is 6.92. The van der Waals surface area contributed by atoms with E-state index < -0.39 is 18.6 Å². The first-order valence-electron chi connectivity index (χ1n) is 5.72. The van der Waals surface area contributed by atoms with E-state index >= 15 is 0 Å². The van der Waals surface area contributed by atoms with Crippen molar-refractivity contribution in [1.82, 2.24) is 10.2 Å². The fourth-order valence-corrected chi connectivity index (χ4v) is 3.33. The standard InChI is InChI=1S/C11H14ClF3N2S/c12-10-2-1-9(18-10)8(7-11(13,14)15)17-5-3-16-4-6-17/h1-2,8,16H,3-7H2/t8-/m1/s1. The zero-order chi connectivity index (χ0) is 13.2. The lowest BCUT2D eigenvalue weighted by Crippen LogP contribution is -2.45. The molecule has 1 aliphatic rings. The molecule has 0 bridgehead atoms. The van der Waals surface area contributed by atoms with Crippen LogP contribution in [0.25, 0.3) is 0 Å². The van der Waals surface area contributed by atoms with Gasteiger partial charge in [0.25, 0.3) is 0 Å². The predicted molar refractivity (Wildman–Crippen MR) is 67.2 cm³/mol. The molecule has 0 radical (unpaired) electrons. The van der Waals surface area contributed by atoms with E-state index in [2.05, 4.69) is 5.32 Å². The van der Waals surface area contributed by atoms with Gasteiger partial charge in [-0.2, -0.15) is 13.2 Å². The molecular weight excluding hydrogens is 285 g/mol. The van der Waals surface area contributed by atoms with Crippen molar-refractivity contribution in [2.75, 3.05) is 26.2 Å². The lowest BCUT2D eigenvalue weighted by atomic mass is 10.1. The maximum absolute atomic E-state index is 12.7. The van der Waals surface area contributed by atoms with Crippen molar-refractivity contribution in [3.05, 3.63) is 21.3 Å². The van der Waals surface area contributed by atoms with Gasteiger partial charge in [-0.3, -0.25) is 4.90 Å². The van der Waals surface area contributed by atoms with E-state index in [0.29, 0.717) is 22.3 Å². The average molecular weight is 299 g/mol. The predicted octanol–water partition coefficient (Wildman–Crippen LogP) is 3.30. The van der Waals surface area contributed by atoms with Gasteiger partial charge in [0.05, 0.1) is 16.8 Å². The van der Waals surface area contributed by atoms with Crippen LogP contribution >= 0.6 is 22.9 Å². The smallest absolute Gasteiger partial charge is 0.314 e. The molecule has 1 aliphatic heterocycles. The molecule has 2 nitrogen and oxygen atoms in total. The zero-order valence-electron chi connectivity index (χ0n) is 9.63. The van der Waals surface area contributed by atoms with Crippen LogP contribution in [0.15, 0.2) is 12.1 Å². The van der Waals surface area contributed by atoms with Gasteiger partial charge >= 0.3 is 6.18 Å². The van der Waals surface area contributed by atoms with E-state index in [1.165, 1.54) is 11.3 Å². The van der Waals surface area contributed by atoms with Crippen molar-refractivity contribution >= 4 is 22.9 Å². The number of nitrogens with one attached hydrogen (secondary N) is 1. The number of alkyl halides is 3. The van der Waals surface area contributed by atoms with Crippen LogP contribution in [0.2, 0.25) is 4.34 Å². The highest BCUT2D eigenvalue weighted by Gasteiger charge is 2.36. The highest BCUT2D eigenvalue weighted by molar-refractivity contribution is 7.16. The van der Waals surface area contributed by atoms with Crippen molar-refractivity contribution in [3.63, 3.8) is 0 Å². The molecular formula is C11H14ClF3N2S. The van der Waals surface area contributed by atoms with Gasteiger partial charge in [-0.25, -0.2) is 0 Å². The molecule has 1 fully saturated rings. The van der Waals surface area contributed by atoms with Crippen molar-refractivity contribution in [1.29, 1.82) is 0 Å². The molecule has 18 heavy (non-hydrogen) atoms. The molecule has 1 atom stereocenters. The Hall–Kier alpha value is -0.300. The Kier molecular flexibility index (Phi) is 4.53. The second kappa shape index (κ2) is 5.77. The molecule has 1 N–H and O–H groups in total. The van der Waals surface area contributed by atoms with Crippen molar-refractivity contribution in [2.24, 2.45) is 0 Å². The molecule has 0 amide bonds. The van der Waals surface area contributed by atoms with Crippen LogP contribution in [0.4, 0.5) is 13.2 Å². The largest absolute Gasteiger partial charge is 0.390 e. The molecule has 1 aromatic heterocycles. The van der Waals surface area contributed by atoms with Crippen LogP contribution in [0.3, 0.4) is 0 Å². The first-order chi connectivity index (χ1) is 8.46. The summed E-state index contributed by atoms with van der Waals surface area (Å²) in [6.07, 6.45) is -4.98. The van der Waals surface area contributed by atoms with Gasteiger partial charge in [-0.1, -0.05) is 11.6 Å². The van der Waals surface area contributed by atoms with E-state index in [1.807, 2.05) is 4.90 Å². The first kappa shape index (κ1) is 14.1. The Labute approximate surface area is 113 Å². The molecule has 2 heterocycles. The summed E-state index contributed by atoms with van der Waals surface area (Å²) in [6.45, 7) is 2.73. The van der Waals surface area contributed by atoms with Gasteiger partial charge in [0.1, 0.15) is 0 Å². The third-order valence-electron chi connectivity index (χ3n) is 2.94. The van der Waals surface area contributed by atoms with E-state index in [1.54, 1.807) is 12.1 Å². The molecule has 0 aromatic carbocycles. The Morgan fingerprint density at radius 1 is 1.33 bits per heavy atom. The van der Waals surface area contributed by atoms with Gasteiger partial charge in [0, 0.05) is 31.1 Å². The highest BCUT2D eigenvalue weighted by Crippen LogP contribution is 2.38. The number of hydrogen-bond acceptors (Lipinski definition) is 3. The van der Waals surface area contributed by atoms with Gasteiger partial charge < -0.3 is 5.32 Å². The average Bonchev–Trinajstić information content (AvgIpc) is 2.73. The maximum Gasteiger partial charge on any atom is 0.390 e. The van der Waals surface area contributed by atoms with Crippen molar-refractivity contribution in [3.8, 4) is 0 Å². The van der Waals surface area contributed by atoms with E-state index in [0.717, 1.165) is 13.1 Å². The zero-order valence-corrected chi connectivity index (χ0v) is 11.2. The summed E-state index contributed by atoms with van der Waals surface area (Å²) in [5, 5.41) is 3.14. The lowest BCUT2D eigenvalue weighted by molar-refractivity contribution is -0.148. The Balaban J connectivity index is 2.16. The van der Waals surface area contributed by atoms with Gasteiger partial charge in [-0.15, -0.1) is 11.3 Å². The van der Waals surface area contributed by atoms with Crippen LogP contribution in [-0.4, -0.2) is 37.3 Å². The number of piperazine rings is 1. The Morgan fingerprint density at radius 3 is 2.50 bits per heavy atom. The third kappa shape index (κ3) is 3.85. The summed E-state index contributed by atoms with van der Waals surface area (Å²) in [5.41, 5.74) is 0. The summed E-state index contributed by atoms with van der Waals surface area (Å²) in [6, 6.07) is 2.75. The van der Waals surface area contributed by atoms with Crippen LogP contribution in [0.5, 0.6) is 0 Å². The molecule has 7 heteroatoms. The maximum atomic E-state index is 12.7. The minimum absolute atomic E-state index is 0.535. The van der Waals surface area contributed by atoms with Crippen molar-refractivity contribution in [2.45, 2.75) is 18.6 Å². The highest BCUT2D eigenvalue weighted by atomic mass is 35.5. The van der Waals surface area contributed by atoms with Gasteiger partial charge in [0.15, 0.2) is 0 Å². The van der Waals surface area contributed by atoms with Crippen LogP contribution in [0, 0.1) is 0 Å².